The molecule has 4 heteroatoms. The highest BCUT2D eigenvalue weighted by Crippen LogP contribution is 2.02. The summed E-state index contributed by atoms with van der Waals surface area (Å²) in [5.74, 6) is 1.20. The summed E-state index contributed by atoms with van der Waals surface area (Å²) in [6.45, 7) is 6.88. The molecule has 0 saturated heterocycles. The van der Waals surface area contributed by atoms with Gasteiger partial charge in [0.2, 0.25) is 0 Å². The number of aromatic nitrogens is 2. The fourth-order valence-corrected chi connectivity index (χ4v) is 1.70. The molecule has 88 valence electrons. The normalized spacial score (nSPS) is 12.7. The summed E-state index contributed by atoms with van der Waals surface area (Å²) in [6, 6.07) is 2.27. The van der Waals surface area contributed by atoms with Crippen LogP contribution in [0.3, 0.4) is 0 Å². The Morgan fingerprint density at radius 3 is 2.88 bits per heavy atom. The average molecular weight is 220 g/mol. The SMILES string of the molecule is CCN(CCc1nccn1C)CC(C)C#N. The first-order valence-corrected chi connectivity index (χ1v) is 5.75. The predicted octanol–water partition coefficient (Wildman–Crippen LogP) is 1.44. The molecular weight excluding hydrogens is 200 g/mol. The van der Waals surface area contributed by atoms with E-state index in [-0.39, 0.29) is 5.92 Å². The van der Waals surface area contributed by atoms with E-state index >= 15 is 0 Å². The van der Waals surface area contributed by atoms with E-state index < -0.39 is 0 Å². The average Bonchev–Trinajstić information content (AvgIpc) is 2.69. The number of hydrogen-bond donors (Lipinski definition) is 0. The quantitative estimate of drug-likeness (QED) is 0.728. The zero-order chi connectivity index (χ0) is 12.0. The van der Waals surface area contributed by atoms with Gasteiger partial charge in [-0.05, 0) is 13.5 Å². The zero-order valence-electron chi connectivity index (χ0n) is 10.3. The molecule has 0 aliphatic carbocycles. The zero-order valence-corrected chi connectivity index (χ0v) is 10.3. The Hall–Kier alpha value is -1.34. The number of likely N-dealkylation sites (N-methyl/N-ethyl adjacent to an activating group) is 1. The molecule has 4 nitrogen and oxygen atoms in total. The Bertz CT molecular complexity index is 350. The maximum Gasteiger partial charge on any atom is 0.109 e. The number of aryl methyl sites for hydroxylation is 1. The molecule has 0 fully saturated rings. The van der Waals surface area contributed by atoms with E-state index in [1.54, 1.807) is 0 Å². The molecule has 0 saturated carbocycles. The summed E-state index contributed by atoms with van der Waals surface area (Å²) in [5.41, 5.74) is 0. The molecule has 0 radical (unpaired) electrons. The van der Waals surface area contributed by atoms with Gasteiger partial charge in [0.25, 0.3) is 0 Å². The third kappa shape index (κ3) is 3.67. The lowest BCUT2D eigenvalue weighted by molar-refractivity contribution is 0.269. The highest BCUT2D eigenvalue weighted by molar-refractivity contribution is 4.92. The topological polar surface area (TPSA) is 44.9 Å². The second-order valence-corrected chi connectivity index (χ2v) is 4.13. The van der Waals surface area contributed by atoms with E-state index in [4.69, 9.17) is 5.26 Å². The molecule has 1 aromatic rings. The highest BCUT2D eigenvalue weighted by Gasteiger charge is 2.09. The second kappa shape index (κ2) is 6.29. The van der Waals surface area contributed by atoms with Gasteiger partial charge in [-0.3, -0.25) is 0 Å². The van der Waals surface area contributed by atoms with Gasteiger partial charge in [0, 0.05) is 39.0 Å². The first-order valence-electron chi connectivity index (χ1n) is 5.75. The second-order valence-electron chi connectivity index (χ2n) is 4.13. The van der Waals surface area contributed by atoms with Crippen LogP contribution in [0.2, 0.25) is 0 Å². The molecule has 1 aromatic heterocycles. The lowest BCUT2D eigenvalue weighted by Crippen LogP contribution is -2.30. The van der Waals surface area contributed by atoms with Crippen LogP contribution >= 0.6 is 0 Å². The highest BCUT2D eigenvalue weighted by atomic mass is 15.1. The minimum atomic E-state index is 0.0984. The summed E-state index contributed by atoms with van der Waals surface area (Å²) < 4.78 is 2.04. The summed E-state index contributed by atoms with van der Waals surface area (Å²) in [4.78, 5) is 6.59. The molecule has 0 amide bonds. The van der Waals surface area contributed by atoms with Crippen molar-refractivity contribution < 1.29 is 0 Å². The van der Waals surface area contributed by atoms with Gasteiger partial charge in [-0.1, -0.05) is 6.92 Å². The third-order valence-electron chi connectivity index (χ3n) is 2.77. The smallest absolute Gasteiger partial charge is 0.109 e. The summed E-state index contributed by atoms with van der Waals surface area (Å²) in [6.07, 6.45) is 4.72. The van der Waals surface area contributed by atoms with Crippen LogP contribution in [0.1, 0.15) is 19.7 Å². The van der Waals surface area contributed by atoms with Crippen molar-refractivity contribution >= 4 is 0 Å². The molecule has 1 atom stereocenters. The van der Waals surface area contributed by atoms with Crippen molar-refractivity contribution in [2.24, 2.45) is 13.0 Å². The first-order chi connectivity index (χ1) is 7.67. The van der Waals surface area contributed by atoms with Crippen molar-refractivity contribution in [1.29, 1.82) is 5.26 Å². The van der Waals surface area contributed by atoms with E-state index in [0.717, 1.165) is 31.9 Å². The van der Waals surface area contributed by atoms with E-state index in [1.165, 1.54) is 0 Å². The molecule has 1 unspecified atom stereocenters. The van der Waals surface area contributed by atoms with Gasteiger partial charge in [-0.2, -0.15) is 5.26 Å². The van der Waals surface area contributed by atoms with Gasteiger partial charge in [-0.15, -0.1) is 0 Å². The molecule has 0 aliphatic heterocycles. The maximum atomic E-state index is 8.78. The molecule has 0 spiro atoms. The number of nitrogens with zero attached hydrogens (tertiary/aromatic N) is 4. The standard InChI is InChI=1S/C12H20N4/c1-4-16(10-11(2)9-13)7-5-12-14-6-8-15(12)3/h6,8,11H,4-5,7,10H2,1-3H3. The van der Waals surface area contributed by atoms with E-state index in [0.29, 0.717) is 0 Å². The fraction of sp³-hybridized carbons (Fsp3) is 0.667. The van der Waals surface area contributed by atoms with Gasteiger partial charge in [0.1, 0.15) is 5.82 Å². The number of rotatable bonds is 6. The maximum absolute atomic E-state index is 8.78. The van der Waals surface area contributed by atoms with Crippen LogP contribution in [0.15, 0.2) is 12.4 Å². The third-order valence-corrected chi connectivity index (χ3v) is 2.77. The summed E-state index contributed by atoms with van der Waals surface area (Å²) >= 11 is 0. The Labute approximate surface area is 97.5 Å². The molecule has 16 heavy (non-hydrogen) atoms. The number of imidazole rings is 1. The van der Waals surface area contributed by atoms with Crippen LogP contribution < -0.4 is 0 Å². The summed E-state index contributed by atoms with van der Waals surface area (Å²) in [7, 11) is 2.01. The molecule has 0 aromatic carbocycles. The van der Waals surface area contributed by atoms with Crippen LogP contribution in [0.5, 0.6) is 0 Å². The minimum absolute atomic E-state index is 0.0984. The van der Waals surface area contributed by atoms with E-state index in [2.05, 4.69) is 22.9 Å². The van der Waals surface area contributed by atoms with Gasteiger partial charge >= 0.3 is 0 Å². The Morgan fingerprint density at radius 1 is 1.62 bits per heavy atom. The van der Waals surface area contributed by atoms with E-state index in [9.17, 15) is 0 Å². The van der Waals surface area contributed by atoms with Crippen LogP contribution in [0.25, 0.3) is 0 Å². The monoisotopic (exact) mass is 220 g/mol. The van der Waals surface area contributed by atoms with E-state index in [1.807, 2.05) is 30.9 Å². The number of nitriles is 1. The van der Waals surface area contributed by atoms with Gasteiger partial charge in [-0.25, -0.2) is 4.98 Å². The molecular formula is C12H20N4. The Balaban J connectivity index is 2.40. The predicted molar refractivity (Wildman–Crippen MR) is 63.8 cm³/mol. The van der Waals surface area contributed by atoms with Crippen molar-refractivity contribution in [1.82, 2.24) is 14.5 Å². The Kier molecular flexibility index (Phi) is 5.00. The van der Waals surface area contributed by atoms with Gasteiger partial charge < -0.3 is 9.47 Å². The van der Waals surface area contributed by atoms with Crippen LogP contribution in [-0.2, 0) is 13.5 Å². The van der Waals surface area contributed by atoms with Gasteiger partial charge in [0.15, 0.2) is 0 Å². The van der Waals surface area contributed by atoms with Crippen LogP contribution in [0.4, 0.5) is 0 Å². The molecule has 1 rings (SSSR count). The van der Waals surface area contributed by atoms with Crippen molar-refractivity contribution in [3.63, 3.8) is 0 Å². The first kappa shape index (κ1) is 12.7. The molecule has 1 heterocycles. The largest absolute Gasteiger partial charge is 0.338 e. The molecule has 0 aliphatic rings. The summed E-state index contributed by atoms with van der Waals surface area (Å²) in [5, 5.41) is 8.78. The Morgan fingerprint density at radius 2 is 2.38 bits per heavy atom. The van der Waals surface area contributed by atoms with Gasteiger partial charge in [0.05, 0.1) is 12.0 Å². The number of hydrogen-bond acceptors (Lipinski definition) is 3. The lowest BCUT2D eigenvalue weighted by atomic mass is 10.2. The van der Waals surface area contributed by atoms with Crippen molar-refractivity contribution in [2.75, 3.05) is 19.6 Å². The minimum Gasteiger partial charge on any atom is -0.338 e. The fourth-order valence-electron chi connectivity index (χ4n) is 1.70. The van der Waals surface area contributed by atoms with Crippen molar-refractivity contribution in [2.45, 2.75) is 20.3 Å². The molecule has 0 N–H and O–H groups in total. The lowest BCUT2D eigenvalue weighted by Gasteiger charge is -2.21. The van der Waals surface area contributed by atoms with Crippen LogP contribution in [0, 0.1) is 17.2 Å². The van der Waals surface area contributed by atoms with Crippen molar-refractivity contribution in [3.05, 3.63) is 18.2 Å². The van der Waals surface area contributed by atoms with Crippen LogP contribution in [-0.4, -0.2) is 34.1 Å². The molecule has 0 bridgehead atoms. The van der Waals surface area contributed by atoms with Crippen molar-refractivity contribution in [3.8, 4) is 6.07 Å².